The van der Waals surface area contributed by atoms with E-state index in [-0.39, 0.29) is 6.09 Å². The normalized spacial score (nSPS) is 19.6. The van der Waals surface area contributed by atoms with E-state index >= 15 is 0 Å². The fraction of sp³-hybridized carbons (Fsp3) is 0.632. The highest BCUT2D eigenvalue weighted by atomic mass is 16.6. The Morgan fingerprint density at radius 3 is 2.39 bits per heavy atom. The third kappa shape index (κ3) is 3.69. The summed E-state index contributed by atoms with van der Waals surface area (Å²) in [4.78, 5) is 16.4. The van der Waals surface area contributed by atoms with Crippen molar-refractivity contribution in [1.29, 1.82) is 0 Å². The number of hydrogen-bond acceptors (Lipinski definition) is 3. The van der Waals surface area contributed by atoms with Crippen molar-refractivity contribution in [2.45, 2.75) is 51.1 Å². The van der Waals surface area contributed by atoms with Gasteiger partial charge in [0.1, 0.15) is 0 Å². The molecule has 0 unspecified atom stereocenters. The average Bonchev–Trinajstić information content (AvgIpc) is 3.03. The summed E-state index contributed by atoms with van der Waals surface area (Å²) in [5, 5.41) is 0. The van der Waals surface area contributed by atoms with Gasteiger partial charge in [0.25, 0.3) is 0 Å². The monoisotopic (exact) mass is 316 g/mol. The summed E-state index contributed by atoms with van der Waals surface area (Å²) in [5.41, 5.74) is 3.03. The second-order valence-electron chi connectivity index (χ2n) is 6.82. The Kier molecular flexibility index (Phi) is 5.21. The van der Waals surface area contributed by atoms with E-state index in [4.69, 9.17) is 4.74 Å². The molecule has 126 valence electrons. The zero-order valence-corrected chi connectivity index (χ0v) is 14.3. The molecule has 4 heteroatoms. The van der Waals surface area contributed by atoms with Crippen molar-refractivity contribution in [3.05, 3.63) is 35.4 Å². The van der Waals surface area contributed by atoms with Crippen LogP contribution in [0, 0.1) is 0 Å². The van der Waals surface area contributed by atoms with Crippen molar-refractivity contribution >= 4 is 6.09 Å². The van der Waals surface area contributed by atoms with Gasteiger partial charge in [-0.05, 0) is 43.2 Å². The van der Waals surface area contributed by atoms with Gasteiger partial charge in [-0.15, -0.1) is 0 Å². The smallest absolute Gasteiger partial charge is 0.409 e. The largest absolute Gasteiger partial charge is 0.449 e. The van der Waals surface area contributed by atoms with E-state index in [1.807, 2.05) is 14.0 Å². The van der Waals surface area contributed by atoms with E-state index in [1.54, 1.807) is 4.90 Å². The Balaban J connectivity index is 1.49. The predicted octanol–water partition coefficient (Wildman–Crippen LogP) is 3.10. The van der Waals surface area contributed by atoms with Crippen molar-refractivity contribution in [2.24, 2.45) is 0 Å². The molecule has 1 saturated heterocycles. The maximum absolute atomic E-state index is 12.0. The molecule has 0 saturated carbocycles. The van der Waals surface area contributed by atoms with Gasteiger partial charge >= 0.3 is 6.09 Å². The highest BCUT2D eigenvalue weighted by Gasteiger charge is 2.32. The molecule has 23 heavy (non-hydrogen) atoms. The number of likely N-dealkylation sites (tertiary alicyclic amines) is 1. The number of nitrogens with zero attached hydrogens (tertiary/aromatic N) is 2. The van der Waals surface area contributed by atoms with Crippen LogP contribution in [-0.4, -0.2) is 54.7 Å². The maximum atomic E-state index is 12.0. The SMILES string of the molecule is CCCOC(=O)N(C)C1CCN(C2Cc3ccccc3C2)CC1. The van der Waals surface area contributed by atoms with E-state index in [0.29, 0.717) is 18.7 Å². The maximum Gasteiger partial charge on any atom is 0.409 e. The van der Waals surface area contributed by atoms with Crippen LogP contribution in [0.2, 0.25) is 0 Å². The molecule has 1 heterocycles. The molecule has 1 aliphatic carbocycles. The number of benzene rings is 1. The first-order valence-electron chi connectivity index (χ1n) is 8.89. The minimum Gasteiger partial charge on any atom is -0.449 e. The van der Waals surface area contributed by atoms with Gasteiger partial charge in [-0.2, -0.15) is 0 Å². The molecule has 4 nitrogen and oxygen atoms in total. The lowest BCUT2D eigenvalue weighted by Crippen LogP contribution is -2.49. The van der Waals surface area contributed by atoms with Crippen LogP contribution in [0.25, 0.3) is 0 Å². The number of hydrogen-bond donors (Lipinski definition) is 0. The first kappa shape index (κ1) is 16.3. The molecule has 0 radical (unpaired) electrons. The van der Waals surface area contributed by atoms with Crippen LogP contribution >= 0.6 is 0 Å². The first-order valence-corrected chi connectivity index (χ1v) is 8.89. The van der Waals surface area contributed by atoms with Gasteiger partial charge < -0.3 is 9.64 Å². The van der Waals surface area contributed by atoms with Gasteiger partial charge in [-0.3, -0.25) is 4.90 Å². The predicted molar refractivity (Wildman–Crippen MR) is 91.6 cm³/mol. The summed E-state index contributed by atoms with van der Waals surface area (Å²) < 4.78 is 5.25. The highest BCUT2D eigenvalue weighted by Crippen LogP contribution is 2.28. The number of ether oxygens (including phenoxy) is 1. The second kappa shape index (κ2) is 7.35. The lowest BCUT2D eigenvalue weighted by Gasteiger charge is -2.39. The number of carbonyl (C=O) groups is 1. The van der Waals surface area contributed by atoms with E-state index in [0.717, 1.165) is 32.4 Å². The molecule has 1 aromatic carbocycles. The highest BCUT2D eigenvalue weighted by molar-refractivity contribution is 5.67. The van der Waals surface area contributed by atoms with E-state index in [1.165, 1.54) is 24.0 Å². The zero-order valence-electron chi connectivity index (χ0n) is 14.3. The van der Waals surface area contributed by atoms with Crippen LogP contribution in [-0.2, 0) is 17.6 Å². The Bertz CT molecular complexity index is 513. The first-order chi connectivity index (χ1) is 11.2. The Labute approximate surface area is 139 Å². The molecule has 1 aliphatic heterocycles. The van der Waals surface area contributed by atoms with Crippen LogP contribution in [0.5, 0.6) is 0 Å². The molecular formula is C19H28N2O2. The summed E-state index contributed by atoms with van der Waals surface area (Å²) in [6.45, 7) is 4.69. The lowest BCUT2D eigenvalue weighted by molar-refractivity contribution is 0.0685. The zero-order chi connectivity index (χ0) is 16.2. The Hall–Kier alpha value is -1.55. The molecule has 1 fully saturated rings. The standard InChI is InChI=1S/C19H28N2O2/c1-3-12-23-19(22)20(2)17-8-10-21(11-9-17)18-13-15-6-4-5-7-16(15)14-18/h4-7,17-18H,3,8-14H2,1-2H3. The minimum atomic E-state index is -0.168. The van der Waals surface area contributed by atoms with Crippen molar-refractivity contribution in [3.63, 3.8) is 0 Å². The summed E-state index contributed by atoms with van der Waals surface area (Å²) in [6.07, 6.45) is 5.15. The van der Waals surface area contributed by atoms with Crippen molar-refractivity contribution in [3.8, 4) is 0 Å². The van der Waals surface area contributed by atoms with E-state index in [9.17, 15) is 4.79 Å². The van der Waals surface area contributed by atoms with Gasteiger partial charge in [0.15, 0.2) is 0 Å². The number of fused-ring (bicyclic) bond motifs is 1. The molecule has 1 amide bonds. The molecule has 0 atom stereocenters. The van der Waals surface area contributed by atoms with Crippen LogP contribution < -0.4 is 0 Å². The number of piperidine rings is 1. The molecule has 0 aromatic heterocycles. The Morgan fingerprint density at radius 1 is 1.22 bits per heavy atom. The summed E-state index contributed by atoms with van der Waals surface area (Å²) in [7, 11) is 1.88. The number of carbonyl (C=O) groups excluding carboxylic acids is 1. The fourth-order valence-electron chi connectivity index (χ4n) is 3.87. The molecule has 0 spiro atoms. The molecule has 1 aromatic rings. The van der Waals surface area contributed by atoms with Crippen LogP contribution in [0.4, 0.5) is 4.79 Å². The average molecular weight is 316 g/mol. The molecular weight excluding hydrogens is 288 g/mol. The van der Waals surface area contributed by atoms with Gasteiger partial charge in [0.05, 0.1) is 6.61 Å². The van der Waals surface area contributed by atoms with Crippen LogP contribution in [0.1, 0.15) is 37.3 Å². The summed E-state index contributed by atoms with van der Waals surface area (Å²) >= 11 is 0. The summed E-state index contributed by atoms with van der Waals surface area (Å²) in [5.74, 6) is 0. The Morgan fingerprint density at radius 2 is 1.83 bits per heavy atom. The summed E-state index contributed by atoms with van der Waals surface area (Å²) in [6, 6.07) is 9.78. The van der Waals surface area contributed by atoms with Gasteiger partial charge in [0.2, 0.25) is 0 Å². The van der Waals surface area contributed by atoms with Crippen molar-refractivity contribution in [2.75, 3.05) is 26.7 Å². The molecule has 0 N–H and O–H groups in total. The molecule has 3 rings (SSSR count). The minimum absolute atomic E-state index is 0.168. The molecule has 0 bridgehead atoms. The van der Waals surface area contributed by atoms with E-state index < -0.39 is 0 Å². The van der Waals surface area contributed by atoms with Crippen LogP contribution in [0.15, 0.2) is 24.3 Å². The van der Waals surface area contributed by atoms with Gasteiger partial charge in [-0.1, -0.05) is 31.2 Å². The quantitative estimate of drug-likeness (QED) is 0.856. The van der Waals surface area contributed by atoms with Crippen LogP contribution in [0.3, 0.4) is 0 Å². The number of rotatable bonds is 4. The third-order valence-corrected chi connectivity index (χ3v) is 5.31. The topological polar surface area (TPSA) is 32.8 Å². The number of amides is 1. The van der Waals surface area contributed by atoms with Gasteiger partial charge in [0, 0.05) is 32.2 Å². The van der Waals surface area contributed by atoms with Crippen molar-refractivity contribution < 1.29 is 9.53 Å². The third-order valence-electron chi connectivity index (χ3n) is 5.31. The van der Waals surface area contributed by atoms with E-state index in [2.05, 4.69) is 29.2 Å². The lowest BCUT2D eigenvalue weighted by atomic mass is 10.0. The van der Waals surface area contributed by atoms with Crippen molar-refractivity contribution in [1.82, 2.24) is 9.80 Å². The van der Waals surface area contributed by atoms with Gasteiger partial charge in [-0.25, -0.2) is 4.79 Å². The second-order valence-corrected chi connectivity index (χ2v) is 6.82. The fourth-order valence-corrected chi connectivity index (χ4v) is 3.87. The molecule has 2 aliphatic rings.